The number of hydrogen-bond donors (Lipinski definition) is 1. The van der Waals surface area contributed by atoms with Crippen molar-refractivity contribution in [2.24, 2.45) is 0 Å². The zero-order valence-corrected chi connectivity index (χ0v) is 14.8. The van der Waals surface area contributed by atoms with Gasteiger partial charge in [0.05, 0.1) is 5.56 Å². The molecular formula is C19H19F2N3O2. The molecule has 136 valence electrons. The lowest BCUT2D eigenvalue weighted by atomic mass is 10.1. The number of anilines is 1. The summed E-state index contributed by atoms with van der Waals surface area (Å²) in [6.45, 7) is 2.70. The Morgan fingerprint density at radius 1 is 1.23 bits per heavy atom. The molecule has 0 unspecified atom stereocenters. The van der Waals surface area contributed by atoms with E-state index >= 15 is 0 Å². The average Bonchev–Trinajstić information content (AvgIpc) is 2.87. The summed E-state index contributed by atoms with van der Waals surface area (Å²) in [5.41, 5.74) is 2.02. The van der Waals surface area contributed by atoms with Crippen molar-refractivity contribution in [3.8, 4) is 0 Å². The zero-order valence-electron chi connectivity index (χ0n) is 14.8. The number of halogens is 2. The fourth-order valence-electron chi connectivity index (χ4n) is 2.69. The van der Waals surface area contributed by atoms with Gasteiger partial charge < -0.3 is 14.6 Å². The standard InChI is InChI=1S/C19H19F2N3O2/c1-11-13(8-9-24(2)3)18-16(26-11)6-7-17(22-18)23-19(25)14-5-4-12(20)10-15(14)21/h4-7,10H,8-9H2,1-3H3,(H,22,23,25). The molecule has 1 N–H and O–H groups in total. The first-order valence-corrected chi connectivity index (χ1v) is 8.15. The molecular weight excluding hydrogens is 340 g/mol. The van der Waals surface area contributed by atoms with Gasteiger partial charge in [-0.25, -0.2) is 13.8 Å². The number of fused-ring (bicyclic) bond motifs is 1. The van der Waals surface area contributed by atoms with Crippen LogP contribution >= 0.6 is 0 Å². The van der Waals surface area contributed by atoms with Gasteiger partial charge in [-0.1, -0.05) is 0 Å². The van der Waals surface area contributed by atoms with E-state index in [1.165, 1.54) is 0 Å². The van der Waals surface area contributed by atoms with Gasteiger partial charge in [0.1, 0.15) is 28.7 Å². The number of nitrogens with zero attached hydrogens (tertiary/aromatic N) is 2. The van der Waals surface area contributed by atoms with E-state index in [2.05, 4.69) is 15.2 Å². The molecule has 0 spiro atoms. The first-order valence-electron chi connectivity index (χ1n) is 8.15. The SMILES string of the molecule is Cc1oc2ccc(NC(=O)c3ccc(F)cc3F)nc2c1CCN(C)C. The van der Waals surface area contributed by atoms with Crippen LogP contribution in [0.5, 0.6) is 0 Å². The minimum Gasteiger partial charge on any atom is -0.459 e. The first kappa shape index (κ1) is 18.0. The molecule has 26 heavy (non-hydrogen) atoms. The fraction of sp³-hybridized carbons (Fsp3) is 0.263. The molecule has 7 heteroatoms. The Kier molecular flexibility index (Phi) is 4.99. The summed E-state index contributed by atoms with van der Waals surface area (Å²) in [6.07, 6.45) is 0.753. The van der Waals surface area contributed by atoms with Gasteiger partial charge in [0.2, 0.25) is 0 Å². The van der Waals surface area contributed by atoms with Crippen LogP contribution in [0.3, 0.4) is 0 Å². The molecule has 3 rings (SSSR count). The second-order valence-electron chi connectivity index (χ2n) is 6.31. The predicted molar refractivity (Wildman–Crippen MR) is 95.3 cm³/mol. The molecule has 1 amide bonds. The number of rotatable bonds is 5. The van der Waals surface area contributed by atoms with E-state index in [4.69, 9.17) is 4.42 Å². The van der Waals surface area contributed by atoms with E-state index in [-0.39, 0.29) is 11.4 Å². The average molecular weight is 359 g/mol. The van der Waals surface area contributed by atoms with Crippen LogP contribution in [0, 0.1) is 18.6 Å². The fourth-order valence-corrected chi connectivity index (χ4v) is 2.69. The predicted octanol–water partition coefficient (Wildman–Crippen LogP) is 3.77. The Labute approximate surface area is 149 Å². The van der Waals surface area contributed by atoms with Crippen LogP contribution in [-0.4, -0.2) is 36.4 Å². The van der Waals surface area contributed by atoms with Gasteiger partial charge in [-0.15, -0.1) is 0 Å². The summed E-state index contributed by atoms with van der Waals surface area (Å²) in [7, 11) is 3.96. The lowest BCUT2D eigenvalue weighted by Gasteiger charge is -2.09. The second-order valence-corrected chi connectivity index (χ2v) is 6.31. The Bertz CT molecular complexity index is 967. The molecule has 2 aromatic heterocycles. The van der Waals surface area contributed by atoms with Crippen LogP contribution < -0.4 is 5.32 Å². The number of pyridine rings is 1. The number of hydrogen-bond acceptors (Lipinski definition) is 4. The van der Waals surface area contributed by atoms with Crippen molar-refractivity contribution in [2.45, 2.75) is 13.3 Å². The highest BCUT2D eigenvalue weighted by atomic mass is 19.1. The molecule has 0 saturated heterocycles. The summed E-state index contributed by atoms with van der Waals surface area (Å²) in [4.78, 5) is 18.7. The Morgan fingerprint density at radius 3 is 2.69 bits per heavy atom. The maximum absolute atomic E-state index is 13.8. The van der Waals surface area contributed by atoms with Crippen molar-refractivity contribution >= 4 is 22.8 Å². The van der Waals surface area contributed by atoms with Gasteiger partial charge >= 0.3 is 0 Å². The minimum atomic E-state index is -0.922. The Morgan fingerprint density at radius 2 is 2.00 bits per heavy atom. The number of carbonyl (C=O) groups excluding carboxylic acids is 1. The lowest BCUT2D eigenvalue weighted by Crippen LogP contribution is -2.16. The molecule has 1 aromatic carbocycles. The molecule has 0 radical (unpaired) electrons. The van der Waals surface area contributed by atoms with E-state index in [1.807, 2.05) is 21.0 Å². The summed E-state index contributed by atoms with van der Waals surface area (Å²) in [5, 5.41) is 2.55. The molecule has 0 saturated carbocycles. The number of furan rings is 1. The van der Waals surface area contributed by atoms with Gasteiger partial charge in [-0.05, 0) is 51.7 Å². The number of nitrogens with one attached hydrogen (secondary N) is 1. The number of aromatic nitrogens is 1. The maximum atomic E-state index is 13.8. The molecule has 0 aliphatic carbocycles. The summed E-state index contributed by atoms with van der Waals surface area (Å²) < 4.78 is 32.5. The van der Waals surface area contributed by atoms with Crippen LogP contribution in [0.2, 0.25) is 0 Å². The van der Waals surface area contributed by atoms with E-state index < -0.39 is 17.5 Å². The largest absolute Gasteiger partial charge is 0.459 e. The van der Waals surface area contributed by atoms with Crippen molar-refractivity contribution in [2.75, 3.05) is 26.0 Å². The van der Waals surface area contributed by atoms with E-state index in [0.29, 0.717) is 17.2 Å². The summed E-state index contributed by atoms with van der Waals surface area (Å²) in [5.74, 6) is -1.29. The van der Waals surface area contributed by atoms with Crippen LogP contribution in [0.4, 0.5) is 14.6 Å². The number of aryl methyl sites for hydroxylation is 1. The van der Waals surface area contributed by atoms with Crippen molar-refractivity contribution < 1.29 is 18.0 Å². The van der Waals surface area contributed by atoms with Crippen LogP contribution in [0.25, 0.3) is 11.1 Å². The Balaban J connectivity index is 1.88. The molecule has 3 aromatic rings. The third kappa shape index (κ3) is 3.72. The molecule has 0 atom stereocenters. The number of carbonyl (C=O) groups is 1. The van der Waals surface area contributed by atoms with E-state index in [9.17, 15) is 13.6 Å². The smallest absolute Gasteiger partial charge is 0.259 e. The molecule has 5 nitrogen and oxygen atoms in total. The molecule has 0 fully saturated rings. The van der Waals surface area contributed by atoms with E-state index in [0.717, 1.165) is 36.4 Å². The lowest BCUT2D eigenvalue weighted by molar-refractivity contribution is 0.102. The molecule has 0 bridgehead atoms. The summed E-state index contributed by atoms with van der Waals surface area (Å²) >= 11 is 0. The second kappa shape index (κ2) is 7.21. The van der Waals surface area contributed by atoms with Crippen LogP contribution in [-0.2, 0) is 6.42 Å². The Hall–Kier alpha value is -2.80. The van der Waals surface area contributed by atoms with Gasteiger partial charge in [0.15, 0.2) is 5.58 Å². The quantitative estimate of drug-likeness (QED) is 0.753. The van der Waals surface area contributed by atoms with Gasteiger partial charge in [0.25, 0.3) is 5.91 Å². The third-order valence-electron chi connectivity index (χ3n) is 4.06. The van der Waals surface area contributed by atoms with Crippen molar-refractivity contribution in [3.05, 3.63) is 58.9 Å². The van der Waals surface area contributed by atoms with Gasteiger partial charge in [-0.2, -0.15) is 0 Å². The van der Waals surface area contributed by atoms with Crippen LogP contribution in [0.1, 0.15) is 21.7 Å². The number of likely N-dealkylation sites (N-methyl/N-ethyl adjacent to an activating group) is 1. The third-order valence-corrected chi connectivity index (χ3v) is 4.06. The molecule has 0 aliphatic heterocycles. The van der Waals surface area contributed by atoms with E-state index in [1.54, 1.807) is 12.1 Å². The summed E-state index contributed by atoms with van der Waals surface area (Å²) in [6, 6.07) is 6.10. The normalized spacial score (nSPS) is 11.3. The van der Waals surface area contributed by atoms with Crippen molar-refractivity contribution in [1.29, 1.82) is 0 Å². The number of benzene rings is 1. The van der Waals surface area contributed by atoms with Gasteiger partial charge in [0, 0.05) is 18.2 Å². The molecule has 2 heterocycles. The minimum absolute atomic E-state index is 0.246. The highest BCUT2D eigenvalue weighted by molar-refractivity contribution is 6.04. The zero-order chi connectivity index (χ0) is 18.8. The topological polar surface area (TPSA) is 58.4 Å². The maximum Gasteiger partial charge on any atom is 0.259 e. The molecule has 0 aliphatic rings. The number of amides is 1. The van der Waals surface area contributed by atoms with Crippen LogP contribution in [0.15, 0.2) is 34.7 Å². The first-order chi connectivity index (χ1) is 12.3. The van der Waals surface area contributed by atoms with Crippen molar-refractivity contribution in [1.82, 2.24) is 9.88 Å². The van der Waals surface area contributed by atoms with Gasteiger partial charge in [-0.3, -0.25) is 4.79 Å². The van der Waals surface area contributed by atoms with Crippen molar-refractivity contribution in [3.63, 3.8) is 0 Å². The monoisotopic (exact) mass is 359 g/mol. The highest BCUT2D eigenvalue weighted by Crippen LogP contribution is 2.26. The highest BCUT2D eigenvalue weighted by Gasteiger charge is 2.16.